The third-order valence-electron chi connectivity index (χ3n) is 4.41. The maximum absolute atomic E-state index is 12.3. The van der Waals surface area contributed by atoms with Gasteiger partial charge >= 0.3 is 5.97 Å². The molecular formula is C19H26N2O4. The van der Waals surface area contributed by atoms with Gasteiger partial charge in [-0.25, -0.2) is 4.79 Å². The summed E-state index contributed by atoms with van der Waals surface area (Å²) in [6.07, 6.45) is 1.62. The number of nitrogens with one attached hydrogen (secondary N) is 1. The topological polar surface area (TPSA) is 73.5 Å². The van der Waals surface area contributed by atoms with Gasteiger partial charge in [-0.05, 0) is 44.9 Å². The van der Waals surface area contributed by atoms with Crippen LogP contribution in [0.15, 0.2) is 28.9 Å². The van der Waals surface area contributed by atoms with Crippen molar-refractivity contribution in [3.8, 4) is 0 Å². The number of rotatable bonds is 7. The minimum atomic E-state index is -0.494. The van der Waals surface area contributed by atoms with E-state index in [1.165, 1.54) is 0 Å². The Bertz CT molecular complexity index is 729. The lowest BCUT2D eigenvalue weighted by molar-refractivity contribution is -0.125. The van der Waals surface area contributed by atoms with E-state index >= 15 is 0 Å². The molecule has 2 aromatic rings. The van der Waals surface area contributed by atoms with E-state index in [0.29, 0.717) is 18.0 Å². The molecule has 0 aliphatic rings. The molecule has 0 saturated carbocycles. The molecule has 2 rings (SSSR count). The zero-order valence-electron chi connectivity index (χ0n) is 15.5. The summed E-state index contributed by atoms with van der Waals surface area (Å²) in [5.74, 6) is 0.342. The number of nitrogens with zero attached hydrogens (tertiary/aromatic N) is 1. The van der Waals surface area contributed by atoms with Gasteiger partial charge in [0.05, 0.1) is 18.4 Å². The van der Waals surface area contributed by atoms with Crippen molar-refractivity contribution in [1.29, 1.82) is 0 Å². The number of esters is 1. The molecule has 1 atom stereocenters. The number of aryl methyl sites for hydroxylation is 1. The standard InChI is InChI=1S/C19H26N2O4/c1-12(2)14(4)20-18(22)11-25-19(23)17-9-13(3)21(15(17)5)10-16-7-6-8-24-16/h6-9,12,14H,10-11H2,1-5H3,(H,20,22)/t14-/m1/s1. The molecule has 0 radical (unpaired) electrons. The Hall–Kier alpha value is -2.50. The van der Waals surface area contributed by atoms with E-state index in [9.17, 15) is 9.59 Å². The molecule has 25 heavy (non-hydrogen) atoms. The highest BCUT2D eigenvalue weighted by Crippen LogP contribution is 2.18. The fourth-order valence-corrected chi connectivity index (χ4v) is 2.48. The molecule has 1 N–H and O–H groups in total. The molecule has 0 bridgehead atoms. The molecule has 136 valence electrons. The van der Waals surface area contributed by atoms with Crippen molar-refractivity contribution in [1.82, 2.24) is 9.88 Å². The molecule has 0 unspecified atom stereocenters. The highest BCUT2D eigenvalue weighted by atomic mass is 16.5. The quantitative estimate of drug-likeness (QED) is 0.782. The predicted molar refractivity (Wildman–Crippen MR) is 94.4 cm³/mol. The number of carbonyl (C=O) groups is 2. The smallest absolute Gasteiger partial charge is 0.340 e. The minimum absolute atomic E-state index is 0.0320. The second-order valence-electron chi connectivity index (χ2n) is 6.63. The van der Waals surface area contributed by atoms with Crippen LogP contribution in [-0.4, -0.2) is 29.1 Å². The van der Waals surface area contributed by atoms with E-state index in [2.05, 4.69) is 5.32 Å². The van der Waals surface area contributed by atoms with Gasteiger partial charge in [-0.2, -0.15) is 0 Å². The first kappa shape index (κ1) is 18.8. The molecule has 0 fully saturated rings. The summed E-state index contributed by atoms with van der Waals surface area (Å²) in [5, 5.41) is 2.81. The van der Waals surface area contributed by atoms with Crippen molar-refractivity contribution in [3.63, 3.8) is 0 Å². The van der Waals surface area contributed by atoms with Crippen LogP contribution in [0, 0.1) is 19.8 Å². The molecule has 0 aromatic carbocycles. The highest BCUT2D eigenvalue weighted by molar-refractivity contribution is 5.92. The highest BCUT2D eigenvalue weighted by Gasteiger charge is 2.19. The lowest BCUT2D eigenvalue weighted by atomic mass is 10.1. The summed E-state index contributed by atoms with van der Waals surface area (Å²) in [6, 6.07) is 5.52. The van der Waals surface area contributed by atoms with Crippen LogP contribution in [0.2, 0.25) is 0 Å². The Morgan fingerprint density at radius 2 is 2.00 bits per heavy atom. The van der Waals surface area contributed by atoms with Crippen LogP contribution in [0.1, 0.15) is 48.3 Å². The number of hydrogen-bond acceptors (Lipinski definition) is 4. The summed E-state index contributed by atoms with van der Waals surface area (Å²) in [6.45, 7) is 10.0. The molecule has 0 aliphatic carbocycles. The molecule has 2 aromatic heterocycles. The summed E-state index contributed by atoms with van der Waals surface area (Å²) in [7, 11) is 0. The predicted octanol–water partition coefficient (Wildman–Crippen LogP) is 3.06. The minimum Gasteiger partial charge on any atom is -0.467 e. The molecule has 1 amide bonds. The van der Waals surface area contributed by atoms with Crippen molar-refractivity contribution in [2.75, 3.05) is 6.61 Å². The van der Waals surface area contributed by atoms with E-state index in [1.807, 2.05) is 51.3 Å². The molecule has 0 saturated heterocycles. The third-order valence-corrected chi connectivity index (χ3v) is 4.41. The Labute approximate surface area is 148 Å². The number of furan rings is 1. The Morgan fingerprint density at radius 3 is 2.60 bits per heavy atom. The summed E-state index contributed by atoms with van der Waals surface area (Å²) in [5.41, 5.74) is 2.18. The SMILES string of the molecule is Cc1cc(C(=O)OCC(=O)N[C@H](C)C(C)C)c(C)n1Cc1ccco1. The molecule has 0 spiro atoms. The molecule has 2 heterocycles. The number of carbonyl (C=O) groups excluding carboxylic acids is 2. The van der Waals surface area contributed by atoms with Crippen molar-refractivity contribution >= 4 is 11.9 Å². The van der Waals surface area contributed by atoms with Gasteiger partial charge in [-0.15, -0.1) is 0 Å². The van der Waals surface area contributed by atoms with Crippen LogP contribution in [-0.2, 0) is 16.1 Å². The van der Waals surface area contributed by atoms with Crippen LogP contribution < -0.4 is 5.32 Å². The summed E-state index contributed by atoms with van der Waals surface area (Å²) in [4.78, 5) is 24.2. The first-order valence-electron chi connectivity index (χ1n) is 8.45. The Morgan fingerprint density at radius 1 is 1.28 bits per heavy atom. The van der Waals surface area contributed by atoms with Crippen LogP contribution in [0.5, 0.6) is 0 Å². The van der Waals surface area contributed by atoms with Crippen LogP contribution >= 0.6 is 0 Å². The van der Waals surface area contributed by atoms with Gasteiger partial charge in [0.2, 0.25) is 0 Å². The number of hydrogen-bond donors (Lipinski definition) is 1. The van der Waals surface area contributed by atoms with Gasteiger partial charge in [0, 0.05) is 17.4 Å². The summed E-state index contributed by atoms with van der Waals surface area (Å²) >= 11 is 0. The van der Waals surface area contributed by atoms with Gasteiger partial charge in [0.25, 0.3) is 5.91 Å². The van der Waals surface area contributed by atoms with E-state index in [1.54, 1.807) is 12.3 Å². The maximum Gasteiger partial charge on any atom is 0.340 e. The van der Waals surface area contributed by atoms with Gasteiger partial charge in [0.1, 0.15) is 5.76 Å². The second-order valence-corrected chi connectivity index (χ2v) is 6.63. The zero-order chi connectivity index (χ0) is 18.6. The van der Waals surface area contributed by atoms with E-state index in [-0.39, 0.29) is 18.6 Å². The van der Waals surface area contributed by atoms with Crippen molar-refractivity contribution in [2.24, 2.45) is 5.92 Å². The average Bonchev–Trinajstić information content (AvgIpc) is 3.16. The van der Waals surface area contributed by atoms with Gasteiger partial charge in [0.15, 0.2) is 6.61 Å². The third kappa shape index (κ3) is 4.75. The van der Waals surface area contributed by atoms with Gasteiger partial charge < -0.3 is 19.0 Å². The van der Waals surface area contributed by atoms with Crippen LogP contribution in [0.3, 0.4) is 0 Å². The van der Waals surface area contributed by atoms with Crippen molar-refractivity contribution in [3.05, 3.63) is 47.2 Å². The van der Waals surface area contributed by atoms with Crippen LogP contribution in [0.4, 0.5) is 0 Å². The van der Waals surface area contributed by atoms with E-state index in [0.717, 1.165) is 17.1 Å². The monoisotopic (exact) mass is 346 g/mol. The van der Waals surface area contributed by atoms with Crippen molar-refractivity contribution < 1.29 is 18.7 Å². The zero-order valence-corrected chi connectivity index (χ0v) is 15.5. The normalized spacial score (nSPS) is 12.2. The number of aromatic nitrogens is 1. The number of ether oxygens (including phenoxy) is 1. The lowest BCUT2D eigenvalue weighted by Crippen LogP contribution is -2.38. The van der Waals surface area contributed by atoms with Crippen LogP contribution in [0.25, 0.3) is 0 Å². The lowest BCUT2D eigenvalue weighted by Gasteiger charge is -2.17. The van der Waals surface area contributed by atoms with E-state index in [4.69, 9.17) is 9.15 Å². The average molecular weight is 346 g/mol. The maximum atomic E-state index is 12.3. The van der Waals surface area contributed by atoms with E-state index < -0.39 is 5.97 Å². The van der Waals surface area contributed by atoms with Gasteiger partial charge in [-0.1, -0.05) is 13.8 Å². The first-order chi connectivity index (χ1) is 11.8. The molecule has 0 aliphatic heterocycles. The molecular weight excluding hydrogens is 320 g/mol. The first-order valence-corrected chi connectivity index (χ1v) is 8.45. The fourth-order valence-electron chi connectivity index (χ4n) is 2.48. The van der Waals surface area contributed by atoms with Gasteiger partial charge in [-0.3, -0.25) is 4.79 Å². The number of amides is 1. The summed E-state index contributed by atoms with van der Waals surface area (Å²) < 4.78 is 12.5. The van der Waals surface area contributed by atoms with Crippen molar-refractivity contribution in [2.45, 2.75) is 47.2 Å². The Balaban J connectivity index is 1.99. The largest absolute Gasteiger partial charge is 0.467 e. The molecule has 6 heteroatoms. The molecule has 6 nitrogen and oxygen atoms in total. The fraction of sp³-hybridized carbons (Fsp3) is 0.474. The second kappa shape index (κ2) is 8.05. The Kier molecular flexibility index (Phi) is 6.07.